The molecule has 0 aliphatic carbocycles. The van der Waals surface area contributed by atoms with Gasteiger partial charge in [0.2, 0.25) is 0 Å². The van der Waals surface area contributed by atoms with Crippen molar-refractivity contribution in [1.82, 2.24) is 0 Å². The fraction of sp³-hybridized carbons (Fsp3) is 0.462. The number of para-hydroxylation sites is 2. The molecule has 0 amide bonds. The third-order valence-corrected chi connectivity index (χ3v) is 5.00. The lowest BCUT2D eigenvalue weighted by molar-refractivity contribution is 0.233. The average molecular weight is 313 g/mol. The molecule has 21 heavy (non-hydrogen) atoms. The van der Waals surface area contributed by atoms with Gasteiger partial charge in [0.1, 0.15) is 12.8 Å². The van der Waals surface area contributed by atoms with Gasteiger partial charge in [0, 0.05) is 0 Å². The monoisotopic (exact) mass is 313 g/mol. The SMILES string of the molecule is CCO[P+](C)(O)CCN=C1Nc2ccccc2N(N)C1O. The van der Waals surface area contributed by atoms with E-state index in [2.05, 4.69) is 10.3 Å². The van der Waals surface area contributed by atoms with Crippen molar-refractivity contribution in [3.63, 3.8) is 0 Å². The molecule has 0 saturated heterocycles. The van der Waals surface area contributed by atoms with Crippen molar-refractivity contribution in [1.29, 1.82) is 0 Å². The molecule has 8 heteroatoms. The summed E-state index contributed by atoms with van der Waals surface area (Å²) < 4.78 is 5.30. The molecule has 1 heterocycles. The summed E-state index contributed by atoms with van der Waals surface area (Å²) in [6.07, 6.45) is -0.597. The zero-order valence-electron chi connectivity index (χ0n) is 12.2. The van der Waals surface area contributed by atoms with Crippen molar-refractivity contribution < 1.29 is 14.5 Å². The van der Waals surface area contributed by atoms with Crippen LogP contribution in [-0.2, 0) is 4.52 Å². The van der Waals surface area contributed by atoms with Gasteiger partial charge in [-0.15, -0.1) is 0 Å². The number of aliphatic hydroxyl groups is 1. The maximum absolute atomic E-state index is 10.1. The second-order valence-electron chi connectivity index (χ2n) is 4.88. The second kappa shape index (κ2) is 6.68. The molecule has 0 spiro atoms. The van der Waals surface area contributed by atoms with Gasteiger partial charge >= 0.3 is 0 Å². The molecule has 0 fully saturated rings. The fourth-order valence-electron chi connectivity index (χ4n) is 2.09. The van der Waals surface area contributed by atoms with E-state index in [0.717, 1.165) is 5.69 Å². The van der Waals surface area contributed by atoms with Crippen LogP contribution in [0.2, 0.25) is 0 Å². The summed E-state index contributed by atoms with van der Waals surface area (Å²) in [6.45, 7) is 4.38. The number of hydrogen-bond donors (Lipinski definition) is 4. The number of anilines is 2. The first-order valence-electron chi connectivity index (χ1n) is 6.80. The summed E-state index contributed by atoms with van der Waals surface area (Å²) in [5, 5.41) is 14.5. The topological polar surface area (TPSA) is 103 Å². The smallest absolute Gasteiger partial charge is 0.270 e. The van der Waals surface area contributed by atoms with E-state index in [-0.39, 0.29) is 0 Å². The number of aliphatic hydroxyl groups excluding tert-OH is 1. The molecule has 2 rings (SSSR count). The van der Waals surface area contributed by atoms with E-state index in [0.29, 0.717) is 30.8 Å². The molecule has 1 aromatic rings. The minimum Gasteiger partial charge on any atom is -0.366 e. The molecule has 0 radical (unpaired) electrons. The molecular weight excluding hydrogens is 291 g/mol. The average Bonchev–Trinajstić information content (AvgIpc) is 2.44. The van der Waals surface area contributed by atoms with Crippen molar-refractivity contribution in [2.75, 3.05) is 36.3 Å². The molecule has 1 aliphatic rings. The van der Waals surface area contributed by atoms with E-state index in [1.165, 1.54) is 5.01 Å². The Morgan fingerprint density at radius 1 is 1.48 bits per heavy atom. The fourth-order valence-corrected chi connectivity index (χ4v) is 3.25. The first kappa shape index (κ1) is 16.1. The summed E-state index contributed by atoms with van der Waals surface area (Å²) >= 11 is 0. The van der Waals surface area contributed by atoms with E-state index in [9.17, 15) is 10.00 Å². The number of nitrogens with two attached hydrogens (primary N) is 1. The summed E-state index contributed by atoms with van der Waals surface area (Å²) in [4.78, 5) is 14.3. The van der Waals surface area contributed by atoms with Crippen LogP contribution in [0.4, 0.5) is 11.4 Å². The van der Waals surface area contributed by atoms with Crippen molar-refractivity contribution in [3.05, 3.63) is 24.3 Å². The minimum absolute atomic E-state index is 0.357. The van der Waals surface area contributed by atoms with Crippen LogP contribution in [0.25, 0.3) is 0 Å². The number of benzene rings is 1. The van der Waals surface area contributed by atoms with Gasteiger partial charge in [-0.25, -0.2) is 15.3 Å². The molecule has 0 aromatic heterocycles. The van der Waals surface area contributed by atoms with E-state index in [1.807, 2.05) is 31.2 Å². The summed E-state index contributed by atoms with van der Waals surface area (Å²) in [7, 11) is -2.37. The third-order valence-electron chi connectivity index (χ3n) is 3.16. The van der Waals surface area contributed by atoms with Gasteiger partial charge in [0.15, 0.2) is 12.1 Å². The number of nitrogens with one attached hydrogen (secondary N) is 1. The highest BCUT2D eigenvalue weighted by Gasteiger charge is 2.31. The van der Waals surface area contributed by atoms with Gasteiger partial charge in [-0.2, -0.15) is 0 Å². The quantitative estimate of drug-likeness (QED) is 0.478. The first-order chi connectivity index (χ1) is 9.94. The molecule has 1 aromatic carbocycles. The largest absolute Gasteiger partial charge is 0.366 e. The summed E-state index contributed by atoms with van der Waals surface area (Å²) in [5.74, 6) is 6.25. The highest BCUT2D eigenvalue weighted by Crippen LogP contribution is 2.51. The maximum Gasteiger partial charge on any atom is 0.270 e. The number of fused-ring (bicyclic) bond motifs is 1. The van der Waals surface area contributed by atoms with E-state index < -0.39 is 13.9 Å². The van der Waals surface area contributed by atoms with Crippen LogP contribution in [0.15, 0.2) is 29.3 Å². The number of aliphatic imine (C=N–C) groups is 1. The molecule has 0 bridgehead atoms. The Kier molecular flexibility index (Phi) is 5.13. The molecule has 2 unspecified atom stereocenters. The van der Waals surface area contributed by atoms with Crippen molar-refractivity contribution in [2.45, 2.75) is 13.2 Å². The lowest BCUT2D eigenvalue weighted by atomic mass is 10.2. The predicted molar refractivity (Wildman–Crippen MR) is 86.6 cm³/mol. The summed E-state index contributed by atoms with van der Waals surface area (Å²) in [5.41, 5.74) is 1.49. The van der Waals surface area contributed by atoms with Gasteiger partial charge in [-0.05, 0) is 19.1 Å². The molecule has 116 valence electrons. The lowest BCUT2D eigenvalue weighted by Crippen LogP contribution is -2.52. The Morgan fingerprint density at radius 2 is 2.19 bits per heavy atom. The van der Waals surface area contributed by atoms with Crippen LogP contribution in [0.5, 0.6) is 0 Å². The van der Waals surface area contributed by atoms with Crippen molar-refractivity contribution >= 4 is 24.9 Å². The summed E-state index contributed by atoms with van der Waals surface area (Å²) in [6, 6.07) is 7.40. The zero-order valence-corrected chi connectivity index (χ0v) is 13.1. The van der Waals surface area contributed by atoms with Crippen molar-refractivity contribution in [2.24, 2.45) is 10.8 Å². The molecule has 5 N–H and O–H groups in total. The molecular formula is C13H22N4O3P+. The Hall–Kier alpha value is -1.24. The van der Waals surface area contributed by atoms with E-state index in [4.69, 9.17) is 10.4 Å². The second-order valence-corrected chi connectivity index (χ2v) is 7.69. The van der Waals surface area contributed by atoms with E-state index in [1.54, 1.807) is 6.66 Å². The number of hydrogen-bond acceptors (Lipinski definition) is 6. The lowest BCUT2D eigenvalue weighted by Gasteiger charge is -2.33. The van der Waals surface area contributed by atoms with Crippen LogP contribution in [-0.4, -0.2) is 48.0 Å². The number of rotatable bonds is 5. The molecule has 2 atom stereocenters. The Bertz CT molecular complexity index is 524. The van der Waals surface area contributed by atoms with Crippen molar-refractivity contribution in [3.8, 4) is 0 Å². The first-order valence-corrected chi connectivity index (χ1v) is 9.09. The van der Waals surface area contributed by atoms with Gasteiger partial charge in [0.25, 0.3) is 7.72 Å². The zero-order chi connectivity index (χ0) is 15.5. The number of nitrogens with zero attached hydrogens (tertiary/aromatic N) is 2. The number of hydrazine groups is 1. The van der Waals surface area contributed by atoms with Gasteiger partial charge in [-0.1, -0.05) is 12.1 Å². The Balaban J connectivity index is 2.06. The molecule has 7 nitrogen and oxygen atoms in total. The Morgan fingerprint density at radius 3 is 2.90 bits per heavy atom. The Labute approximate surface area is 124 Å². The van der Waals surface area contributed by atoms with Crippen LogP contribution < -0.4 is 16.2 Å². The van der Waals surface area contributed by atoms with Crippen LogP contribution in [0, 0.1) is 0 Å². The normalized spacial score (nSPS) is 22.6. The van der Waals surface area contributed by atoms with Crippen LogP contribution in [0.3, 0.4) is 0 Å². The highest BCUT2D eigenvalue weighted by atomic mass is 31.2. The molecule has 1 aliphatic heterocycles. The molecule has 0 saturated carbocycles. The maximum atomic E-state index is 10.1. The minimum atomic E-state index is -2.37. The third kappa shape index (κ3) is 3.90. The highest BCUT2D eigenvalue weighted by molar-refractivity contribution is 7.64. The van der Waals surface area contributed by atoms with Crippen LogP contribution >= 0.6 is 7.72 Å². The standard InChI is InChI=1S/C13H22N4O3P/c1-3-20-21(2,19)9-8-15-12-13(18)17(14)11-7-5-4-6-10(11)16-12/h4-7,13,18-19H,3,8-9,14H2,1-2H3,(H,15,16)/q+1. The van der Waals surface area contributed by atoms with E-state index >= 15 is 0 Å². The van der Waals surface area contributed by atoms with Gasteiger partial charge in [0.05, 0.1) is 24.5 Å². The number of amidine groups is 1. The predicted octanol–water partition coefficient (Wildman–Crippen LogP) is 1.02. The van der Waals surface area contributed by atoms with Gasteiger partial charge in [-0.3, -0.25) is 10.0 Å². The van der Waals surface area contributed by atoms with Gasteiger partial charge < -0.3 is 10.4 Å². The van der Waals surface area contributed by atoms with Crippen LogP contribution in [0.1, 0.15) is 6.92 Å².